The van der Waals surface area contributed by atoms with Crippen molar-refractivity contribution in [2.75, 3.05) is 12.4 Å². The molecule has 24 heavy (non-hydrogen) atoms. The molecule has 0 spiro atoms. The van der Waals surface area contributed by atoms with Crippen molar-refractivity contribution in [3.63, 3.8) is 0 Å². The molecule has 0 unspecified atom stereocenters. The van der Waals surface area contributed by atoms with Crippen LogP contribution in [0.4, 0.5) is 9.52 Å². The van der Waals surface area contributed by atoms with Crippen LogP contribution in [0.15, 0.2) is 52.9 Å². The summed E-state index contributed by atoms with van der Waals surface area (Å²) in [7, 11) is 1.58. The lowest BCUT2D eigenvalue weighted by atomic mass is 10.2. The Morgan fingerprint density at radius 3 is 2.79 bits per heavy atom. The zero-order valence-corrected chi connectivity index (χ0v) is 14.7. The van der Waals surface area contributed by atoms with Gasteiger partial charge in [-0.15, -0.1) is 10.2 Å². The summed E-state index contributed by atoms with van der Waals surface area (Å²) in [5.41, 5.74) is 1.99. The first-order valence-corrected chi connectivity index (χ1v) is 9.11. The highest BCUT2D eigenvalue weighted by Gasteiger charge is 2.09. The van der Waals surface area contributed by atoms with Crippen LogP contribution < -0.4 is 10.1 Å². The largest absolute Gasteiger partial charge is 0.496 e. The van der Waals surface area contributed by atoms with Gasteiger partial charge in [0.25, 0.3) is 0 Å². The van der Waals surface area contributed by atoms with Crippen LogP contribution >= 0.6 is 23.1 Å². The molecule has 0 radical (unpaired) electrons. The summed E-state index contributed by atoms with van der Waals surface area (Å²) in [6, 6.07) is 14.6. The highest BCUT2D eigenvalue weighted by molar-refractivity contribution is 8.00. The van der Waals surface area contributed by atoms with Crippen molar-refractivity contribution in [1.82, 2.24) is 10.2 Å². The van der Waals surface area contributed by atoms with Crippen LogP contribution in [-0.2, 0) is 12.3 Å². The Labute approximate surface area is 148 Å². The standard InChI is InChI=1S/C17H16FN3OS2/c1-22-15-8-7-14(18)9-13(15)11-23-17-21-20-16(24-17)19-10-12-5-3-2-4-6-12/h2-9H,10-11H2,1H3,(H,19,20). The Bertz CT molecular complexity index is 796. The lowest BCUT2D eigenvalue weighted by molar-refractivity contribution is 0.410. The molecule has 1 heterocycles. The lowest BCUT2D eigenvalue weighted by Gasteiger charge is -2.06. The molecule has 1 N–H and O–H groups in total. The molecular formula is C17H16FN3OS2. The van der Waals surface area contributed by atoms with Crippen LogP contribution in [0, 0.1) is 5.82 Å². The molecule has 0 aliphatic heterocycles. The molecular weight excluding hydrogens is 345 g/mol. The van der Waals surface area contributed by atoms with E-state index in [9.17, 15) is 4.39 Å². The van der Waals surface area contributed by atoms with Gasteiger partial charge in [0.05, 0.1) is 7.11 Å². The van der Waals surface area contributed by atoms with Crippen molar-refractivity contribution in [1.29, 1.82) is 0 Å². The third-order valence-electron chi connectivity index (χ3n) is 3.29. The van der Waals surface area contributed by atoms with Crippen LogP contribution in [-0.4, -0.2) is 17.3 Å². The second kappa shape index (κ2) is 8.12. The van der Waals surface area contributed by atoms with Crippen LogP contribution in [0.5, 0.6) is 5.75 Å². The third kappa shape index (κ3) is 4.46. The van der Waals surface area contributed by atoms with Crippen molar-refractivity contribution in [3.05, 3.63) is 65.5 Å². The number of nitrogens with one attached hydrogen (secondary N) is 1. The smallest absolute Gasteiger partial charge is 0.206 e. The van der Waals surface area contributed by atoms with Gasteiger partial charge in [-0.25, -0.2) is 4.39 Å². The zero-order valence-electron chi connectivity index (χ0n) is 13.0. The van der Waals surface area contributed by atoms with E-state index in [4.69, 9.17) is 4.74 Å². The number of rotatable bonds is 7. The quantitative estimate of drug-likeness (QED) is 0.624. The Kier molecular flexibility index (Phi) is 5.66. The monoisotopic (exact) mass is 361 g/mol. The first-order valence-electron chi connectivity index (χ1n) is 7.31. The fourth-order valence-corrected chi connectivity index (χ4v) is 3.84. The summed E-state index contributed by atoms with van der Waals surface area (Å²) in [5, 5.41) is 12.3. The summed E-state index contributed by atoms with van der Waals surface area (Å²) >= 11 is 3.00. The average molecular weight is 361 g/mol. The molecule has 124 valence electrons. The van der Waals surface area contributed by atoms with E-state index < -0.39 is 0 Å². The maximum atomic E-state index is 13.4. The molecule has 0 aliphatic carbocycles. The predicted octanol–water partition coefficient (Wildman–Crippen LogP) is 4.59. The Balaban J connectivity index is 1.57. The molecule has 0 bridgehead atoms. The van der Waals surface area contributed by atoms with Gasteiger partial charge in [-0.3, -0.25) is 0 Å². The first kappa shape index (κ1) is 16.7. The van der Waals surface area contributed by atoms with Gasteiger partial charge >= 0.3 is 0 Å². The number of benzene rings is 2. The maximum absolute atomic E-state index is 13.4. The summed E-state index contributed by atoms with van der Waals surface area (Å²) in [6.45, 7) is 0.706. The molecule has 3 rings (SSSR count). The Morgan fingerprint density at radius 2 is 2.00 bits per heavy atom. The van der Waals surface area contributed by atoms with Gasteiger partial charge in [-0.1, -0.05) is 53.4 Å². The molecule has 0 fully saturated rings. The molecule has 0 amide bonds. The van der Waals surface area contributed by atoms with Gasteiger partial charge in [0.1, 0.15) is 11.6 Å². The Hall–Kier alpha value is -2.12. The van der Waals surface area contributed by atoms with Crippen LogP contribution in [0.25, 0.3) is 0 Å². The second-order valence-corrected chi connectivity index (χ2v) is 7.16. The number of anilines is 1. The minimum Gasteiger partial charge on any atom is -0.496 e. The van der Waals surface area contributed by atoms with Crippen molar-refractivity contribution in [3.8, 4) is 5.75 Å². The topological polar surface area (TPSA) is 47.0 Å². The number of nitrogens with zero attached hydrogens (tertiary/aromatic N) is 2. The van der Waals surface area contributed by atoms with E-state index in [2.05, 4.69) is 27.6 Å². The van der Waals surface area contributed by atoms with E-state index in [-0.39, 0.29) is 5.82 Å². The number of methoxy groups -OCH3 is 1. The highest BCUT2D eigenvalue weighted by Crippen LogP contribution is 2.31. The van der Waals surface area contributed by atoms with E-state index in [1.54, 1.807) is 13.2 Å². The highest BCUT2D eigenvalue weighted by atomic mass is 32.2. The fourth-order valence-electron chi connectivity index (χ4n) is 2.11. The summed E-state index contributed by atoms with van der Waals surface area (Å²) in [5.74, 6) is 0.985. The van der Waals surface area contributed by atoms with Gasteiger partial charge < -0.3 is 10.1 Å². The first-order chi connectivity index (χ1) is 11.7. The number of halogens is 1. The van der Waals surface area contributed by atoms with Gasteiger partial charge in [0, 0.05) is 17.9 Å². The molecule has 7 heteroatoms. The maximum Gasteiger partial charge on any atom is 0.206 e. The van der Waals surface area contributed by atoms with Crippen molar-refractivity contribution in [2.24, 2.45) is 0 Å². The molecule has 0 atom stereocenters. The Morgan fingerprint density at radius 1 is 1.17 bits per heavy atom. The number of aromatic nitrogens is 2. The summed E-state index contributed by atoms with van der Waals surface area (Å²) in [6.07, 6.45) is 0. The fraction of sp³-hybridized carbons (Fsp3) is 0.176. The summed E-state index contributed by atoms with van der Waals surface area (Å²) in [4.78, 5) is 0. The minimum absolute atomic E-state index is 0.270. The molecule has 2 aromatic carbocycles. The van der Waals surface area contributed by atoms with Crippen molar-refractivity contribution >= 4 is 28.2 Å². The zero-order chi connectivity index (χ0) is 16.8. The van der Waals surface area contributed by atoms with Crippen LogP contribution in [0.2, 0.25) is 0 Å². The normalized spacial score (nSPS) is 10.6. The van der Waals surface area contributed by atoms with Crippen LogP contribution in [0.3, 0.4) is 0 Å². The van der Waals surface area contributed by atoms with E-state index in [1.165, 1.54) is 40.8 Å². The van der Waals surface area contributed by atoms with Crippen LogP contribution in [0.1, 0.15) is 11.1 Å². The number of hydrogen-bond donors (Lipinski definition) is 1. The van der Waals surface area contributed by atoms with Gasteiger partial charge in [0.2, 0.25) is 5.13 Å². The number of ether oxygens (including phenoxy) is 1. The van der Waals surface area contributed by atoms with Crippen molar-refractivity contribution < 1.29 is 9.13 Å². The van der Waals surface area contributed by atoms with Gasteiger partial charge in [-0.2, -0.15) is 0 Å². The number of hydrogen-bond acceptors (Lipinski definition) is 6. The molecule has 0 saturated heterocycles. The SMILES string of the molecule is COc1ccc(F)cc1CSc1nnc(NCc2ccccc2)s1. The predicted molar refractivity (Wildman–Crippen MR) is 96.2 cm³/mol. The third-order valence-corrected chi connectivity index (χ3v) is 5.35. The average Bonchev–Trinajstić information content (AvgIpc) is 3.07. The minimum atomic E-state index is -0.270. The van der Waals surface area contributed by atoms with Gasteiger partial charge in [0.15, 0.2) is 4.34 Å². The molecule has 0 aliphatic rings. The summed E-state index contributed by atoms with van der Waals surface area (Å²) < 4.78 is 19.5. The molecule has 4 nitrogen and oxygen atoms in total. The molecule has 1 aromatic heterocycles. The second-order valence-electron chi connectivity index (χ2n) is 4.96. The van der Waals surface area contributed by atoms with Gasteiger partial charge in [-0.05, 0) is 23.8 Å². The van der Waals surface area contributed by atoms with E-state index >= 15 is 0 Å². The lowest BCUT2D eigenvalue weighted by Crippen LogP contribution is -1.98. The van der Waals surface area contributed by atoms with Crippen molar-refractivity contribution in [2.45, 2.75) is 16.6 Å². The number of thioether (sulfide) groups is 1. The van der Waals surface area contributed by atoms with E-state index in [0.717, 1.165) is 15.0 Å². The molecule has 0 saturated carbocycles. The van der Waals surface area contributed by atoms with E-state index in [1.807, 2.05) is 18.2 Å². The van der Waals surface area contributed by atoms with E-state index in [0.29, 0.717) is 18.0 Å². The molecule has 3 aromatic rings.